The van der Waals surface area contributed by atoms with Crippen LogP contribution in [0.2, 0.25) is 0 Å². The van der Waals surface area contributed by atoms with Crippen LogP contribution in [0.15, 0.2) is 60.7 Å². The van der Waals surface area contributed by atoms with Crippen LogP contribution in [0.1, 0.15) is 44.6 Å². The molecule has 0 aliphatic carbocycles. The number of hydroxylamine groups is 2. The van der Waals surface area contributed by atoms with E-state index in [1.165, 1.54) is 6.08 Å². The maximum atomic E-state index is 12.0. The van der Waals surface area contributed by atoms with Crippen molar-refractivity contribution >= 4 is 18.0 Å². The predicted molar refractivity (Wildman–Crippen MR) is 126 cm³/mol. The first-order valence-corrected chi connectivity index (χ1v) is 11.3. The molecule has 7 heteroatoms. The number of carbonyl (C=O) groups is 2. The van der Waals surface area contributed by atoms with Gasteiger partial charge < -0.3 is 14.2 Å². The second-order valence-corrected chi connectivity index (χ2v) is 7.34. The number of hydrogen-bond acceptors (Lipinski definition) is 6. The Labute approximate surface area is 195 Å². The SMILES string of the molecule is CCOC(=O)CCCCCOc1ccc(/C=C/C(=O)N(O)CCCOc2ccccc2)cc1. The van der Waals surface area contributed by atoms with Gasteiger partial charge in [-0.15, -0.1) is 0 Å². The van der Waals surface area contributed by atoms with E-state index in [1.54, 1.807) is 13.0 Å². The van der Waals surface area contributed by atoms with E-state index in [0.29, 0.717) is 37.7 Å². The van der Waals surface area contributed by atoms with E-state index in [2.05, 4.69) is 0 Å². The van der Waals surface area contributed by atoms with Gasteiger partial charge in [0.2, 0.25) is 0 Å². The monoisotopic (exact) mass is 455 g/mol. The lowest BCUT2D eigenvalue weighted by Crippen LogP contribution is -2.27. The van der Waals surface area contributed by atoms with Gasteiger partial charge in [-0.05, 0) is 62.1 Å². The van der Waals surface area contributed by atoms with Gasteiger partial charge in [0.1, 0.15) is 11.5 Å². The minimum Gasteiger partial charge on any atom is -0.494 e. The van der Waals surface area contributed by atoms with Crippen molar-refractivity contribution in [3.05, 3.63) is 66.2 Å². The van der Waals surface area contributed by atoms with E-state index in [9.17, 15) is 14.8 Å². The molecule has 0 saturated heterocycles. The fraction of sp³-hybridized carbons (Fsp3) is 0.385. The fourth-order valence-electron chi connectivity index (χ4n) is 2.93. The summed E-state index contributed by atoms with van der Waals surface area (Å²) >= 11 is 0. The lowest BCUT2D eigenvalue weighted by Gasteiger charge is -2.13. The third-order valence-corrected chi connectivity index (χ3v) is 4.68. The molecule has 7 nitrogen and oxygen atoms in total. The van der Waals surface area contributed by atoms with Gasteiger partial charge in [-0.25, -0.2) is 5.06 Å². The average Bonchev–Trinajstić information content (AvgIpc) is 2.84. The number of esters is 1. The second-order valence-electron chi connectivity index (χ2n) is 7.34. The molecule has 178 valence electrons. The van der Waals surface area contributed by atoms with Gasteiger partial charge in [0.05, 0.1) is 26.4 Å². The Morgan fingerprint density at radius 3 is 2.24 bits per heavy atom. The molecule has 0 radical (unpaired) electrons. The molecule has 33 heavy (non-hydrogen) atoms. The summed E-state index contributed by atoms with van der Waals surface area (Å²) in [6, 6.07) is 16.7. The Kier molecular flexibility index (Phi) is 12.2. The van der Waals surface area contributed by atoms with Gasteiger partial charge in [-0.2, -0.15) is 0 Å². The molecule has 0 atom stereocenters. The topological polar surface area (TPSA) is 85.3 Å². The number of nitrogens with zero attached hydrogens (tertiary/aromatic N) is 1. The number of amides is 1. The molecule has 2 rings (SSSR count). The molecule has 0 bridgehead atoms. The smallest absolute Gasteiger partial charge is 0.305 e. The highest BCUT2D eigenvalue weighted by atomic mass is 16.5. The van der Waals surface area contributed by atoms with Crippen LogP contribution < -0.4 is 9.47 Å². The molecule has 0 unspecified atom stereocenters. The van der Waals surface area contributed by atoms with Crippen LogP contribution in [0.5, 0.6) is 11.5 Å². The van der Waals surface area contributed by atoms with Crippen molar-refractivity contribution in [3.8, 4) is 11.5 Å². The summed E-state index contributed by atoms with van der Waals surface area (Å²) in [4.78, 5) is 23.3. The third kappa shape index (κ3) is 11.2. The molecule has 2 aromatic rings. The Balaban J connectivity index is 1.60. The molecule has 2 aromatic carbocycles. The Morgan fingerprint density at radius 1 is 0.879 bits per heavy atom. The molecule has 1 N–H and O–H groups in total. The van der Waals surface area contributed by atoms with Crippen molar-refractivity contribution < 1.29 is 29.0 Å². The molecule has 0 heterocycles. The normalized spacial score (nSPS) is 10.7. The van der Waals surface area contributed by atoms with Gasteiger partial charge in [0, 0.05) is 18.9 Å². The summed E-state index contributed by atoms with van der Waals surface area (Å²) in [6.07, 6.45) is 6.49. The summed E-state index contributed by atoms with van der Waals surface area (Å²) in [7, 11) is 0. The van der Waals surface area contributed by atoms with Crippen LogP contribution in [0.4, 0.5) is 0 Å². The third-order valence-electron chi connectivity index (χ3n) is 4.68. The Hall–Kier alpha value is -3.32. The summed E-state index contributed by atoms with van der Waals surface area (Å²) in [5, 5.41) is 10.6. The van der Waals surface area contributed by atoms with Crippen LogP contribution in [-0.4, -0.2) is 48.5 Å². The zero-order valence-electron chi connectivity index (χ0n) is 19.2. The molecule has 0 aromatic heterocycles. The van der Waals surface area contributed by atoms with E-state index in [-0.39, 0.29) is 12.5 Å². The summed E-state index contributed by atoms with van der Waals surface area (Å²) in [5.74, 6) is 0.862. The summed E-state index contributed by atoms with van der Waals surface area (Å²) in [6.45, 7) is 3.39. The largest absolute Gasteiger partial charge is 0.494 e. The van der Waals surface area contributed by atoms with Crippen molar-refractivity contribution in [1.29, 1.82) is 0 Å². The van der Waals surface area contributed by atoms with Gasteiger partial charge in [0.15, 0.2) is 0 Å². The molecular weight excluding hydrogens is 422 g/mol. The van der Waals surface area contributed by atoms with Crippen molar-refractivity contribution in [2.45, 2.75) is 39.0 Å². The van der Waals surface area contributed by atoms with Crippen LogP contribution in [-0.2, 0) is 14.3 Å². The van der Waals surface area contributed by atoms with Crippen molar-refractivity contribution in [1.82, 2.24) is 5.06 Å². The predicted octanol–water partition coefficient (Wildman–Crippen LogP) is 4.89. The van der Waals surface area contributed by atoms with Crippen LogP contribution in [0, 0.1) is 0 Å². The minimum atomic E-state index is -0.488. The molecule has 0 aliphatic heterocycles. The molecule has 0 aliphatic rings. The van der Waals surface area contributed by atoms with E-state index in [1.807, 2.05) is 54.6 Å². The Morgan fingerprint density at radius 2 is 1.55 bits per heavy atom. The maximum Gasteiger partial charge on any atom is 0.305 e. The number of rotatable bonds is 15. The summed E-state index contributed by atoms with van der Waals surface area (Å²) < 4.78 is 16.1. The highest BCUT2D eigenvalue weighted by molar-refractivity contribution is 5.90. The zero-order chi connectivity index (χ0) is 23.7. The molecule has 1 amide bonds. The highest BCUT2D eigenvalue weighted by Crippen LogP contribution is 2.14. The first-order chi connectivity index (χ1) is 16.1. The van der Waals surface area contributed by atoms with Gasteiger partial charge >= 0.3 is 5.97 Å². The number of ether oxygens (including phenoxy) is 3. The second kappa shape index (κ2) is 15.5. The van der Waals surface area contributed by atoms with Crippen molar-refractivity contribution in [3.63, 3.8) is 0 Å². The van der Waals surface area contributed by atoms with Crippen molar-refractivity contribution in [2.24, 2.45) is 0 Å². The van der Waals surface area contributed by atoms with E-state index in [0.717, 1.165) is 36.3 Å². The average molecular weight is 456 g/mol. The first kappa shape index (κ1) is 25.9. The molecule has 0 spiro atoms. The zero-order valence-corrected chi connectivity index (χ0v) is 19.2. The number of unbranched alkanes of at least 4 members (excludes halogenated alkanes) is 2. The lowest BCUT2D eigenvalue weighted by atomic mass is 10.2. The molecular formula is C26H33NO6. The quantitative estimate of drug-likeness (QED) is 0.135. The van der Waals surface area contributed by atoms with Gasteiger partial charge in [-0.1, -0.05) is 30.3 Å². The fourth-order valence-corrected chi connectivity index (χ4v) is 2.93. The number of para-hydroxylation sites is 1. The first-order valence-electron chi connectivity index (χ1n) is 11.3. The van der Waals surface area contributed by atoms with Crippen LogP contribution in [0.3, 0.4) is 0 Å². The Bertz CT molecular complexity index is 851. The van der Waals surface area contributed by atoms with E-state index >= 15 is 0 Å². The summed E-state index contributed by atoms with van der Waals surface area (Å²) in [5.41, 5.74) is 0.825. The van der Waals surface area contributed by atoms with E-state index in [4.69, 9.17) is 14.2 Å². The minimum absolute atomic E-state index is 0.151. The maximum absolute atomic E-state index is 12.0. The molecule has 0 fully saturated rings. The molecule has 0 saturated carbocycles. The van der Waals surface area contributed by atoms with Crippen LogP contribution in [0.25, 0.3) is 6.08 Å². The number of benzene rings is 2. The van der Waals surface area contributed by atoms with Crippen LogP contribution >= 0.6 is 0 Å². The standard InChI is InChI=1S/C26H33NO6/c1-2-31-26(29)12-7-4-8-20-32-24-16-13-22(14-17-24)15-18-25(28)27(30)19-9-21-33-23-10-5-3-6-11-23/h3,5-6,10-11,13-18,30H,2,4,7-9,12,19-21H2,1H3/b18-15+. The number of carbonyl (C=O) groups excluding carboxylic acids is 2. The van der Waals surface area contributed by atoms with Gasteiger partial charge in [0.25, 0.3) is 5.91 Å². The van der Waals surface area contributed by atoms with Gasteiger partial charge in [-0.3, -0.25) is 14.8 Å². The van der Waals surface area contributed by atoms with E-state index < -0.39 is 5.91 Å². The van der Waals surface area contributed by atoms with Crippen molar-refractivity contribution in [2.75, 3.05) is 26.4 Å². The highest BCUT2D eigenvalue weighted by Gasteiger charge is 2.07. The lowest BCUT2D eigenvalue weighted by molar-refractivity contribution is -0.159. The number of hydrogen-bond donors (Lipinski definition) is 1.